The van der Waals surface area contributed by atoms with Gasteiger partial charge >= 0.3 is 5.97 Å². The smallest absolute Gasteiger partial charge is 0.325 e. The number of nitrogens with one attached hydrogen (secondary N) is 2. The normalized spacial score (nSPS) is 14.4. The molecule has 0 heterocycles. The number of amides is 2. The number of benzene rings is 2. The lowest BCUT2D eigenvalue weighted by atomic mass is 9.64. The highest BCUT2D eigenvalue weighted by Gasteiger charge is 2.38. The molecular weight excluding hydrogens is 436 g/mol. The van der Waals surface area contributed by atoms with Crippen LogP contribution in [0.3, 0.4) is 0 Å². The predicted octanol–water partition coefficient (Wildman–Crippen LogP) is 2.96. The van der Waals surface area contributed by atoms with Crippen molar-refractivity contribution in [3.8, 4) is 0 Å². The lowest BCUT2D eigenvalue weighted by Gasteiger charge is -2.42. The summed E-state index contributed by atoms with van der Waals surface area (Å²) in [6, 6.07) is 17.0. The van der Waals surface area contributed by atoms with E-state index < -0.39 is 5.97 Å². The molecule has 1 aliphatic rings. The van der Waals surface area contributed by atoms with Crippen LogP contribution in [-0.2, 0) is 19.7 Å². The van der Waals surface area contributed by atoms with Crippen molar-refractivity contribution in [2.75, 3.05) is 19.7 Å². The fraction of sp³-hybridized carbons (Fsp3) is 0.318. The fourth-order valence-corrected chi connectivity index (χ4v) is 3.76. The van der Waals surface area contributed by atoms with E-state index >= 15 is 0 Å². The molecule has 2 aromatic carbocycles. The molecule has 0 bridgehead atoms. The number of hydrogen-bond donors (Lipinski definition) is 2. The zero-order valence-corrected chi connectivity index (χ0v) is 17.5. The van der Waals surface area contributed by atoms with Crippen LogP contribution in [0, 0.1) is 0 Å². The molecule has 1 saturated carbocycles. The Bertz CT molecular complexity index is 881. The third-order valence-electron chi connectivity index (χ3n) is 5.17. The summed E-state index contributed by atoms with van der Waals surface area (Å²) in [5.41, 5.74) is 1.62. The van der Waals surface area contributed by atoms with Crippen LogP contribution >= 0.6 is 15.9 Å². The molecule has 0 radical (unpaired) electrons. The first-order valence-electron chi connectivity index (χ1n) is 9.50. The minimum atomic E-state index is -0.662. The Kier molecular flexibility index (Phi) is 7.04. The van der Waals surface area contributed by atoms with Crippen molar-refractivity contribution in [1.82, 2.24) is 10.6 Å². The molecule has 0 aromatic heterocycles. The van der Waals surface area contributed by atoms with E-state index in [1.54, 1.807) is 24.3 Å². The van der Waals surface area contributed by atoms with E-state index in [-0.39, 0.29) is 30.4 Å². The third-order valence-corrected chi connectivity index (χ3v) is 5.66. The van der Waals surface area contributed by atoms with Gasteiger partial charge in [-0.05, 0) is 36.6 Å². The summed E-state index contributed by atoms with van der Waals surface area (Å²) in [6.45, 7) is -0.143. The first-order valence-corrected chi connectivity index (χ1v) is 10.3. The zero-order chi connectivity index (χ0) is 20.7. The minimum absolute atomic E-state index is 0.0289. The van der Waals surface area contributed by atoms with Crippen molar-refractivity contribution in [3.05, 3.63) is 70.2 Å². The lowest BCUT2D eigenvalue weighted by molar-refractivity contribution is -0.147. The summed E-state index contributed by atoms with van der Waals surface area (Å²) < 4.78 is 5.73. The highest BCUT2D eigenvalue weighted by Crippen LogP contribution is 2.43. The molecule has 3 rings (SSSR count). The van der Waals surface area contributed by atoms with Gasteiger partial charge in [-0.3, -0.25) is 14.4 Å². The van der Waals surface area contributed by atoms with Crippen LogP contribution in [0.25, 0.3) is 0 Å². The summed E-state index contributed by atoms with van der Waals surface area (Å²) in [5.74, 6) is -1.40. The maximum atomic E-state index is 12.1. The summed E-state index contributed by atoms with van der Waals surface area (Å²) >= 11 is 3.29. The van der Waals surface area contributed by atoms with E-state index in [2.05, 4.69) is 38.7 Å². The molecule has 1 fully saturated rings. The second kappa shape index (κ2) is 9.69. The average molecular weight is 459 g/mol. The van der Waals surface area contributed by atoms with Crippen molar-refractivity contribution in [2.45, 2.75) is 24.7 Å². The van der Waals surface area contributed by atoms with Crippen molar-refractivity contribution in [1.29, 1.82) is 0 Å². The second-order valence-electron chi connectivity index (χ2n) is 7.13. The van der Waals surface area contributed by atoms with Gasteiger partial charge in [0, 0.05) is 22.0 Å². The quantitative estimate of drug-likeness (QED) is 0.595. The van der Waals surface area contributed by atoms with Gasteiger partial charge in [0.05, 0.1) is 0 Å². The molecule has 0 aliphatic heterocycles. The Morgan fingerprint density at radius 2 is 1.76 bits per heavy atom. The van der Waals surface area contributed by atoms with Crippen LogP contribution in [0.2, 0.25) is 0 Å². The third kappa shape index (κ3) is 5.67. The molecule has 0 saturated heterocycles. The van der Waals surface area contributed by atoms with Crippen molar-refractivity contribution in [3.63, 3.8) is 0 Å². The molecule has 7 heteroatoms. The Morgan fingerprint density at radius 1 is 1.00 bits per heavy atom. The van der Waals surface area contributed by atoms with Crippen LogP contribution in [0.1, 0.15) is 35.2 Å². The van der Waals surface area contributed by atoms with E-state index in [0.717, 1.165) is 23.7 Å². The Hall–Kier alpha value is -2.67. The van der Waals surface area contributed by atoms with E-state index in [0.29, 0.717) is 12.1 Å². The highest BCUT2D eigenvalue weighted by molar-refractivity contribution is 9.10. The van der Waals surface area contributed by atoms with Gasteiger partial charge in [-0.15, -0.1) is 0 Å². The number of esters is 1. The van der Waals surface area contributed by atoms with E-state index in [4.69, 9.17) is 4.74 Å². The monoisotopic (exact) mass is 458 g/mol. The Labute approximate surface area is 178 Å². The van der Waals surface area contributed by atoms with Crippen LogP contribution in [0.4, 0.5) is 0 Å². The summed E-state index contributed by atoms with van der Waals surface area (Å²) in [6.07, 6.45) is 3.19. The average Bonchev–Trinajstić information content (AvgIpc) is 2.70. The first kappa shape index (κ1) is 21.0. The molecule has 2 aromatic rings. The number of carbonyl (C=O) groups is 3. The molecular formula is C22H23BrN2O4. The molecule has 6 nitrogen and oxygen atoms in total. The maximum absolute atomic E-state index is 12.1. The highest BCUT2D eigenvalue weighted by atomic mass is 79.9. The molecule has 29 heavy (non-hydrogen) atoms. The van der Waals surface area contributed by atoms with E-state index in [1.807, 2.05) is 18.2 Å². The van der Waals surface area contributed by atoms with Gasteiger partial charge in [0.2, 0.25) is 0 Å². The van der Waals surface area contributed by atoms with E-state index in [9.17, 15) is 14.4 Å². The number of carbonyl (C=O) groups excluding carboxylic acids is 3. The fourth-order valence-electron chi connectivity index (χ4n) is 3.36. The van der Waals surface area contributed by atoms with Crippen LogP contribution in [0.15, 0.2) is 59.1 Å². The van der Waals surface area contributed by atoms with E-state index in [1.165, 1.54) is 5.56 Å². The number of halogens is 1. The molecule has 0 spiro atoms. The number of ether oxygens (including phenoxy) is 1. The van der Waals surface area contributed by atoms with Crippen LogP contribution < -0.4 is 10.6 Å². The number of hydrogen-bond acceptors (Lipinski definition) is 4. The SMILES string of the molecule is O=C(COC(=O)CNC(=O)c1cccc(Br)c1)NCC1(c2ccccc2)CCC1. The van der Waals surface area contributed by atoms with Crippen LogP contribution in [-0.4, -0.2) is 37.5 Å². The molecule has 2 amide bonds. The predicted molar refractivity (Wildman–Crippen MR) is 112 cm³/mol. The van der Waals surface area contributed by atoms with Gasteiger partial charge in [-0.2, -0.15) is 0 Å². The van der Waals surface area contributed by atoms with Crippen LogP contribution in [0.5, 0.6) is 0 Å². The van der Waals surface area contributed by atoms with Crippen molar-refractivity contribution < 1.29 is 19.1 Å². The molecule has 0 atom stereocenters. The molecule has 0 unspecified atom stereocenters. The topological polar surface area (TPSA) is 84.5 Å². The summed E-state index contributed by atoms with van der Waals surface area (Å²) in [7, 11) is 0. The zero-order valence-electron chi connectivity index (χ0n) is 15.9. The molecule has 152 valence electrons. The van der Waals surface area contributed by atoms with Gasteiger partial charge in [-0.25, -0.2) is 0 Å². The standard InChI is InChI=1S/C22H23BrN2O4/c23-18-9-4-6-16(12-18)21(28)24-13-20(27)29-14-19(26)25-15-22(10-5-11-22)17-7-2-1-3-8-17/h1-4,6-9,12H,5,10-11,13-15H2,(H,24,28)(H,25,26). The van der Waals surface area contributed by atoms with Crippen molar-refractivity contribution >= 4 is 33.7 Å². The maximum Gasteiger partial charge on any atom is 0.325 e. The summed E-state index contributed by atoms with van der Waals surface area (Å²) in [5, 5.41) is 5.35. The van der Waals surface area contributed by atoms with Crippen molar-refractivity contribution in [2.24, 2.45) is 0 Å². The Morgan fingerprint density at radius 3 is 2.41 bits per heavy atom. The Balaban J connectivity index is 1.39. The summed E-state index contributed by atoms with van der Waals surface area (Å²) in [4.78, 5) is 35.9. The van der Waals surface area contributed by atoms with Gasteiger partial charge in [0.25, 0.3) is 11.8 Å². The second-order valence-corrected chi connectivity index (χ2v) is 8.05. The van der Waals surface area contributed by atoms with Gasteiger partial charge in [0.1, 0.15) is 6.54 Å². The molecule has 2 N–H and O–H groups in total. The number of rotatable bonds is 8. The van der Waals surface area contributed by atoms with Gasteiger partial charge < -0.3 is 15.4 Å². The van der Waals surface area contributed by atoms with Gasteiger partial charge in [0.15, 0.2) is 6.61 Å². The van der Waals surface area contributed by atoms with Gasteiger partial charge in [-0.1, -0.05) is 58.7 Å². The first-order chi connectivity index (χ1) is 14.0. The lowest BCUT2D eigenvalue weighted by Crippen LogP contribution is -2.46. The largest absolute Gasteiger partial charge is 0.454 e. The minimum Gasteiger partial charge on any atom is -0.454 e. The molecule has 1 aliphatic carbocycles.